The fourth-order valence-electron chi connectivity index (χ4n) is 0.330. The van der Waals surface area contributed by atoms with Crippen LogP contribution in [-0.2, 0) is 0 Å². The van der Waals surface area contributed by atoms with Crippen molar-refractivity contribution < 1.29 is 0 Å². The molecule has 0 amide bonds. The topological polar surface area (TPSA) is 0 Å². The second-order valence-electron chi connectivity index (χ2n) is 1.30. The molecule has 6 heteroatoms. The minimum Gasteiger partial charge on any atom is -0.109 e. The maximum atomic E-state index is 5.44. The monoisotopic (exact) mass is 252 g/mol. The van der Waals surface area contributed by atoms with Crippen molar-refractivity contribution in [3.8, 4) is 0 Å². The molecule has 0 fully saturated rings. The third-order valence-electron chi connectivity index (χ3n) is 0.679. The molecule has 1 aromatic heterocycles. The fourth-order valence-corrected chi connectivity index (χ4v) is 2.67. The Labute approximate surface area is 85.3 Å². The van der Waals surface area contributed by atoms with Gasteiger partial charge in [0.1, 0.15) is 16.7 Å². The third kappa shape index (κ3) is 2.03. The Morgan fingerprint density at radius 2 is 1.10 bits per heavy atom. The first-order chi connectivity index (χ1) is 4.61. The molecule has 10 heavy (non-hydrogen) atoms. The van der Waals surface area contributed by atoms with Gasteiger partial charge in [0, 0.05) is 0 Å². The molecule has 0 aliphatic carbocycles. The van der Waals surface area contributed by atoms with E-state index in [1.165, 1.54) is 22.7 Å². The quantitative estimate of drug-likeness (QED) is 0.667. The summed E-state index contributed by atoms with van der Waals surface area (Å²) in [5.74, 6) is 0. The van der Waals surface area contributed by atoms with Crippen molar-refractivity contribution in [3.63, 3.8) is 0 Å². The molecular formula is C4Cl4S2. The van der Waals surface area contributed by atoms with E-state index in [1.807, 2.05) is 0 Å². The predicted octanol–water partition coefficient (Wildman–Crippen LogP) is 2.90. The molecule has 0 nitrogen and oxygen atoms in total. The van der Waals surface area contributed by atoms with Crippen molar-refractivity contribution in [3.05, 3.63) is 7.69 Å². The summed E-state index contributed by atoms with van der Waals surface area (Å²) in [5.41, 5.74) is 0. The maximum Gasteiger partial charge on any atom is 0.134 e. The molecule has 0 aromatic carbocycles. The zero-order valence-electron chi connectivity index (χ0n) is 4.33. The SMILES string of the molecule is ClC(Cl)=c1sc(=C(Cl)Cl)s1. The van der Waals surface area contributed by atoms with Crippen molar-refractivity contribution >= 4 is 78.1 Å². The van der Waals surface area contributed by atoms with Crippen molar-refractivity contribution in [1.82, 2.24) is 0 Å². The van der Waals surface area contributed by atoms with Crippen LogP contribution < -0.4 is 7.69 Å². The second-order valence-corrected chi connectivity index (χ2v) is 5.76. The van der Waals surface area contributed by atoms with Crippen LogP contribution in [0.4, 0.5) is 0 Å². The molecule has 0 aliphatic heterocycles. The van der Waals surface area contributed by atoms with Crippen LogP contribution in [0.15, 0.2) is 0 Å². The van der Waals surface area contributed by atoms with E-state index in [2.05, 4.69) is 0 Å². The first-order valence-corrected chi connectivity index (χ1v) is 5.22. The van der Waals surface area contributed by atoms with Crippen molar-refractivity contribution in [1.29, 1.82) is 0 Å². The molecule has 1 rings (SSSR count). The van der Waals surface area contributed by atoms with Crippen LogP contribution in [0.3, 0.4) is 0 Å². The molecule has 0 spiro atoms. The van der Waals surface area contributed by atoms with Crippen LogP contribution in [0.25, 0.3) is 8.98 Å². The first-order valence-electron chi connectivity index (χ1n) is 2.07. The highest BCUT2D eigenvalue weighted by atomic mass is 35.5. The van der Waals surface area contributed by atoms with Gasteiger partial charge < -0.3 is 0 Å². The lowest BCUT2D eigenvalue weighted by Gasteiger charge is -1.90. The summed E-state index contributed by atoms with van der Waals surface area (Å²) in [6.45, 7) is 0. The molecule has 0 N–H and O–H groups in total. The van der Waals surface area contributed by atoms with E-state index in [4.69, 9.17) is 46.4 Å². The Morgan fingerprint density at radius 3 is 1.30 bits per heavy atom. The first kappa shape index (κ1) is 9.17. The summed E-state index contributed by atoms with van der Waals surface area (Å²) in [5, 5.41) is 0. The molecule has 0 bridgehead atoms. The molecule has 1 aromatic rings. The molecule has 56 valence electrons. The zero-order chi connectivity index (χ0) is 7.72. The average molecular weight is 254 g/mol. The molecular weight excluding hydrogens is 254 g/mol. The van der Waals surface area contributed by atoms with Gasteiger partial charge in [0.25, 0.3) is 0 Å². The Kier molecular flexibility index (Phi) is 3.35. The van der Waals surface area contributed by atoms with Crippen LogP contribution in [-0.4, -0.2) is 0 Å². The summed E-state index contributed by atoms with van der Waals surface area (Å²) < 4.78 is 2.23. The van der Waals surface area contributed by atoms with E-state index >= 15 is 0 Å². The smallest absolute Gasteiger partial charge is 0.109 e. The van der Waals surface area contributed by atoms with E-state index in [-0.39, 0.29) is 8.98 Å². The van der Waals surface area contributed by atoms with Gasteiger partial charge in [-0.3, -0.25) is 0 Å². The Balaban J connectivity index is 3.19. The standard InChI is InChI=1S/C4Cl4S2/c5-1(6)3-9-4(10-3)2(7)8. The summed E-state index contributed by atoms with van der Waals surface area (Å²) in [4.78, 5) is 0. The normalized spacial score (nSPS) is 10.0. The molecule has 0 radical (unpaired) electrons. The van der Waals surface area contributed by atoms with Crippen molar-refractivity contribution in [2.75, 3.05) is 0 Å². The number of hydrogen-bond acceptors (Lipinski definition) is 2. The Morgan fingerprint density at radius 1 is 0.800 bits per heavy atom. The van der Waals surface area contributed by atoms with Crippen LogP contribution >= 0.6 is 69.1 Å². The molecule has 0 atom stereocenters. The molecule has 0 saturated heterocycles. The molecule has 0 unspecified atom stereocenters. The molecule has 0 saturated carbocycles. The van der Waals surface area contributed by atoms with Gasteiger partial charge in [0.15, 0.2) is 0 Å². The van der Waals surface area contributed by atoms with Crippen LogP contribution in [0.2, 0.25) is 0 Å². The van der Waals surface area contributed by atoms with Crippen molar-refractivity contribution in [2.24, 2.45) is 0 Å². The Hall–Kier alpha value is 1.08. The van der Waals surface area contributed by atoms with Crippen LogP contribution in [0.1, 0.15) is 0 Å². The highest BCUT2D eigenvalue weighted by molar-refractivity contribution is 7.37. The second kappa shape index (κ2) is 3.65. The van der Waals surface area contributed by atoms with Gasteiger partial charge in [-0.1, -0.05) is 46.4 Å². The lowest BCUT2D eigenvalue weighted by atomic mass is 11.2. The van der Waals surface area contributed by atoms with E-state index in [9.17, 15) is 0 Å². The van der Waals surface area contributed by atoms with Gasteiger partial charge in [0.05, 0.1) is 0 Å². The van der Waals surface area contributed by atoms with E-state index in [0.29, 0.717) is 0 Å². The van der Waals surface area contributed by atoms with E-state index < -0.39 is 0 Å². The van der Waals surface area contributed by atoms with E-state index in [0.717, 1.165) is 7.69 Å². The number of halogens is 4. The van der Waals surface area contributed by atoms with Gasteiger partial charge >= 0.3 is 0 Å². The van der Waals surface area contributed by atoms with E-state index in [1.54, 1.807) is 0 Å². The lowest BCUT2D eigenvalue weighted by Crippen LogP contribution is -2.10. The highest BCUT2D eigenvalue weighted by Gasteiger charge is 1.98. The van der Waals surface area contributed by atoms with Gasteiger partial charge in [0.2, 0.25) is 0 Å². The predicted molar refractivity (Wildman–Crippen MR) is 51.7 cm³/mol. The zero-order valence-corrected chi connectivity index (χ0v) is 8.99. The van der Waals surface area contributed by atoms with Gasteiger partial charge in [-0.15, -0.1) is 22.7 Å². The summed E-state index contributed by atoms with van der Waals surface area (Å²) in [7, 11) is 0. The fraction of sp³-hybridized carbons (Fsp3) is 0. The largest absolute Gasteiger partial charge is 0.134 e. The molecule has 1 heterocycles. The minimum absolute atomic E-state index is 0.272. The number of rotatable bonds is 0. The summed E-state index contributed by atoms with van der Waals surface area (Å²) in [6.07, 6.45) is 0. The van der Waals surface area contributed by atoms with Gasteiger partial charge in [-0.25, -0.2) is 0 Å². The minimum atomic E-state index is 0.272. The Bertz CT molecular complexity index is 276. The number of hydrogen-bond donors (Lipinski definition) is 0. The third-order valence-corrected chi connectivity index (χ3v) is 4.89. The summed E-state index contributed by atoms with van der Waals surface area (Å²) in [6, 6.07) is 0. The average Bonchev–Trinajstić information content (AvgIpc) is 1.56. The lowest BCUT2D eigenvalue weighted by molar-refractivity contribution is 2.22. The van der Waals surface area contributed by atoms with Crippen LogP contribution in [0.5, 0.6) is 0 Å². The summed E-state index contributed by atoms with van der Waals surface area (Å²) >= 11 is 24.5. The highest BCUT2D eigenvalue weighted by Crippen LogP contribution is 2.12. The van der Waals surface area contributed by atoms with Gasteiger partial charge in [-0.05, 0) is 0 Å². The van der Waals surface area contributed by atoms with Crippen LogP contribution in [0, 0.1) is 0 Å². The molecule has 0 aliphatic rings. The maximum absolute atomic E-state index is 5.44. The van der Waals surface area contributed by atoms with Crippen molar-refractivity contribution in [2.45, 2.75) is 0 Å². The van der Waals surface area contributed by atoms with Gasteiger partial charge in [-0.2, -0.15) is 0 Å².